The van der Waals surface area contributed by atoms with E-state index in [1.54, 1.807) is 13.0 Å². The second-order valence-electron chi connectivity index (χ2n) is 4.99. The molecule has 0 bridgehead atoms. The first-order valence-corrected chi connectivity index (χ1v) is 8.12. The fraction of sp³-hybridized carbons (Fsp3) is 0.200. The lowest BCUT2D eigenvalue weighted by atomic mass is 10.2. The number of nitrogens with one attached hydrogen (secondary N) is 2. The van der Waals surface area contributed by atoms with E-state index < -0.39 is 16.7 Å². The minimum absolute atomic E-state index is 0.0467. The van der Waals surface area contributed by atoms with Crippen molar-refractivity contribution in [3.63, 3.8) is 0 Å². The minimum atomic E-state index is -0.643. The van der Waals surface area contributed by atoms with Crippen molar-refractivity contribution in [3.8, 4) is 0 Å². The van der Waals surface area contributed by atoms with E-state index >= 15 is 0 Å². The molecule has 130 valence electrons. The van der Waals surface area contributed by atoms with Gasteiger partial charge in [0.15, 0.2) is 0 Å². The third kappa shape index (κ3) is 5.53. The van der Waals surface area contributed by atoms with Gasteiger partial charge >= 0.3 is 0 Å². The monoisotopic (exact) mass is 361 g/mol. The van der Waals surface area contributed by atoms with Crippen molar-refractivity contribution < 1.29 is 14.5 Å². The topological polar surface area (TPSA) is 127 Å². The summed E-state index contributed by atoms with van der Waals surface area (Å²) in [6.45, 7) is 3.59. The summed E-state index contributed by atoms with van der Waals surface area (Å²) in [5.74, 6) is -0.416. The van der Waals surface area contributed by atoms with E-state index in [0.717, 1.165) is 11.8 Å². The highest BCUT2D eigenvalue weighted by atomic mass is 32.2. The predicted octanol–water partition coefficient (Wildman–Crippen LogP) is 1.55. The van der Waals surface area contributed by atoms with E-state index in [1.807, 2.05) is 6.92 Å². The molecule has 0 saturated carbocycles. The van der Waals surface area contributed by atoms with Gasteiger partial charge in [0.05, 0.1) is 10.7 Å². The summed E-state index contributed by atoms with van der Waals surface area (Å²) in [6.07, 6.45) is 0. The number of thioether (sulfide) groups is 1. The minimum Gasteiger partial charge on any atom is -0.272 e. The van der Waals surface area contributed by atoms with Crippen LogP contribution >= 0.6 is 11.8 Å². The van der Waals surface area contributed by atoms with Gasteiger partial charge in [-0.05, 0) is 26.0 Å². The van der Waals surface area contributed by atoms with Gasteiger partial charge in [-0.3, -0.25) is 30.6 Å². The van der Waals surface area contributed by atoms with Crippen molar-refractivity contribution in [2.45, 2.75) is 18.9 Å². The van der Waals surface area contributed by atoms with E-state index in [2.05, 4.69) is 20.8 Å². The summed E-state index contributed by atoms with van der Waals surface area (Å²) in [4.78, 5) is 42.2. The number of benzene rings is 1. The SMILES string of the molecule is Cc1cc(SCC(=O)NNC(=O)c2cccc([N+](=O)[O-])c2)nc(C)n1. The molecule has 1 aromatic heterocycles. The van der Waals surface area contributed by atoms with Crippen LogP contribution in [0.2, 0.25) is 0 Å². The molecule has 0 aliphatic heterocycles. The summed E-state index contributed by atoms with van der Waals surface area (Å²) < 4.78 is 0. The van der Waals surface area contributed by atoms with Crippen molar-refractivity contribution in [1.82, 2.24) is 20.8 Å². The highest BCUT2D eigenvalue weighted by Gasteiger charge is 2.12. The molecular formula is C15H15N5O4S. The average molecular weight is 361 g/mol. The van der Waals surface area contributed by atoms with E-state index in [1.165, 1.54) is 30.0 Å². The van der Waals surface area contributed by atoms with E-state index in [-0.39, 0.29) is 17.0 Å². The quantitative estimate of drug-likeness (QED) is 0.358. The Morgan fingerprint density at radius 1 is 1.20 bits per heavy atom. The smallest absolute Gasteiger partial charge is 0.270 e. The Hall–Kier alpha value is -3.01. The Labute approximate surface area is 147 Å². The molecule has 0 spiro atoms. The first-order valence-electron chi connectivity index (χ1n) is 7.14. The lowest BCUT2D eigenvalue weighted by Gasteiger charge is -2.07. The number of nitro benzene ring substituents is 1. The number of rotatable bonds is 5. The molecule has 2 rings (SSSR count). The van der Waals surface area contributed by atoms with Gasteiger partial charge in [0, 0.05) is 23.4 Å². The largest absolute Gasteiger partial charge is 0.272 e. The second-order valence-corrected chi connectivity index (χ2v) is 5.99. The van der Waals surface area contributed by atoms with Gasteiger partial charge in [0.2, 0.25) is 5.91 Å². The van der Waals surface area contributed by atoms with Crippen molar-refractivity contribution in [2.24, 2.45) is 0 Å². The van der Waals surface area contributed by atoms with Crippen LogP contribution in [0.3, 0.4) is 0 Å². The molecule has 0 unspecified atom stereocenters. The third-order valence-corrected chi connectivity index (χ3v) is 3.84. The van der Waals surface area contributed by atoms with Crippen LogP contribution in [0.4, 0.5) is 5.69 Å². The van der Waals surface area contributed by atoms with Crippen LogP contribution in [0.1, 0.15) is 21.9 Å². The summed E-state index contributed by atoms with van der Waals surface area (Å²) in [7, 11) is 0. The predicted molar refractivity (Wildman–Crippen MR) is 90.9 cm³/mol. The normalized spacial score (nSPS) is 10.2. The van der Waals surface area contributed by atoms with Crippen LogP contribution in [0.25, 0.3) is 0 Å². The summed E-state index contributed by atoms with van der Waals surface area (Å²) in [5, 5.41) is 11.4. The third-order valence-electron chi connectivity index (χ3n) is 2.93. The number of aryl methyl sites for hydroxylation is 2. The molecule has 0 saturated heterocycles. The number of nitro groups is 1. The maximum atomic E-state index is 11.9. The number of hydrogen-bond acceptors (Lipinski definition) is 7. The van der Waals surface area contributed by atoms with Crippen LogP contribution in [0.5, 0.6) is 0 Å². The maximum Gasteiger partial charge on any atom is 0.270 e. The number of carbonyl (C=O) groups is 2. The first kappa shape index (κ1) is 18.3. The highest BCUT2D eigenvalue weighted by Crippen LogP contribution is 2.15. The lowest BCUT2D eigenvalue weighted by Crippen LogP contribution is -2.42. The number of non-ortho nitro benzene ring substituents is 1. The van der Waals surface area contributed by atoms with Gasteiger partial charge < -0.3 is 0 Å². The summed E-state index contributed by atoms with van der Waals surface area (Å²) in [5.41, 5.74) is 5.14. The summed E-state index contributed by atoms with van der Waals surface area (Å²) in [6, 6.07) is 6.97. The second kappa shape index (κ2) is 8.20. The van der Waals surface area contributed by atoms with Crippen molar-refractivity contribution in [1.29, 1.82) is 0 Å². The molecule has 0 atom stereocenters. The number of aromatic nitrogens is 2. The fourth-order valence-corrected chi connectivity index (χ4v) is 2.69. The lowest BCUT2D eigenvalue weighted by molar-refractivity contribution is -0.384. The zero-order valence-electron chi connectivity index (χ0n) is 13.5. The molecule has 10 heteroatoms. The number of hydrazine groups is 1. The van der Waals surface area contributed by atoms with Gasteiger partial charge in [-0.2, -0.15) is 0 Å². The Kier molecular flexibility index (Phi) is 6.01. The molecule has 0 radical (unpaired) electrons. The number of nitrogens with zero attached hydrogens (tertiary/aromatic N) is 3. The van der Waals surface area contributed by atoms with Crippen LogP contribution in [-0.2, 0) is 4.79 Å². The number of carbonyl (C=O) groups excluding carboxylic acids is 2. The zero-order valence-corrected chi connectivity index (χ0v) is 14.3. The molecular weight excluding hydrogens is 346 g/mol. The number of amides is 2. The number of hydrogen-bond donors (Lipinski definition) is 2. The Balaban J connectivity index is 1.86. The van der Waals surface area contributed by atoms with Gasteiger partial charge in [-0.15, -0.1) is 0 Å². The molecule has 2 N–H and O–H groups in total. The molecule has 25 heavy (non-hydrogen) atoms. The van der Waals surface area contributed by atoms with Crippen LogP contribution < -0.4 is 10.9 Å². The van der Waals surface area contributed by atoms with Crippen LogP contribution in [-0.4, -0.2) is 32.5 Å². The first-order chi connectivity index (χ1) is 11.8. The van der Waals surface area contributed by atoms with Crippen molar-refractivity contribution in [3.05, 3.63) is 57.5 Å². The molecule has 1 heterocycles. The van der Waals surface area contributed by atoms with Crippen LogP contribution in [0.15, 0.2) is 35.4 Å². The average Bonchev–Trinajstić information content (AvgIpc) is 2.57. The molecule has 2 amide bonds. The summed E-state index contributed by atoms with van der Waals surface area (Å²) >= 11 is 1.21. The fourth-order valence-electron chi connectivity index (χ4n) is 1.89. The molecule has 9 nitrogen and oxygen atoms in total. The van der Waals surface area contributed by atoms with Gasteiger partial charge in [0.1, 0.15) is 10.9 Å². The molecule has 2 aromatic rings. The highest BCUT2D eigenvalue weighted by molar-refractivity contribution is 7.99. The van der Waals surface area contributed by atoms with Crippen molar-refractivity contribution >= 4 is 29.3 Å². The van der Waals surface area contributed by atoms with Crippen molar-refractivity contribution in [2.75, 3.05) is 5.75 Å². The van der Waals surface area contributed by atoms with Crippen LogP contribution in [0, 0.1) is 24.0 Å². The molecule has 0 fully saturated rings. The van der Waals surface area contributed by atoms with E-state index in [0.29, 0.717) is 10.9 Å². The van der Waals surface area contributed by atoms with Gasteiger partial charge in [0.25, 0.3) is 11.6 Å². The molecule has 1 aromatic carbocycles. The van der Waals surface area contributed by atoms with Gasteiger partial charge in [-0.25, -0.2) is 9.97 Å². The Morgan fingerprint density at radius 3 is 2.64 bits per heavy atom. The molecule has 0 aliphatic carbocycles. The maximum absolute atomic E-state index is 11.9. The van der Waals surface area contributed by atoms with Gasteiger partial charge in [-0.1, -0.05) is 17.8 Å². The van der Waals surface area contributed by atoms with E-state index in [9.17, 15) is 19.7 Å². The standard InChI is InChI=1S/C15H15N5O4S/c1-9-6-14(17-10(2)16-9)25-8-13(21)18-19-15(22)11-4-3-5-12(7-11)20(23)24/h3-7H,8H2,1-2H3,(H,18,21)(H,19,22). The van der Waals surface area contributed by atoms with E-state index in [4.69, 9.17) is 0 Å². The zero-order chi connectivity index (χ0) is 18.4. The molecule has 0 aliphatic rings. The Morgan fingerprint density at radius 2 is 1.96 bits per heavy atom. The Bertz CT molecular complexity index is 807.